The molecule has 1 N–H and O–H groups in total. The van der Waals surface area contributed by atoms with Gasteiger partial charge in [0.05, 0.1) is 5.54 Å². The lowest BCUT2D eigenvalue weighted by Crippen LogP contribution is -2.47. The molecule has 1 aliphatic carbocycles. The molecule has 0 spiro atoms. The Hall–Kier alpha value is -1.09. The van der Waals surface area contributed by atoms with Gasteiger partial charge in [-0.3, -0.25) is 4.79 Å². The Kier molecular flexibility index (Phi) is 3.91. The highest BCUT2D eigenvalue weighted by Crippen LogP contribution is 2.31. The van der Waals surface area contributed by atoms with E-state index in [1.54, 1.807) is 13.0 Å². The van der Waals surface area contributed by atoms with E-state index in [1.807, 2.05) is 0 Å². The fourth-order valence-corrected chi connectivity index (χ4v) is 2.78. The van der Waals surface area contributed by atoms with Crippen LogP contribution in [0.5, 0.6) is 0 Å². The van der Waals surface area contributed by atoms with Gasteiger partial charge in [0.2, 0.25) is 0 Å². The predicted octanol–water partition coefficient (Wildman–Crippen LogP) is 3.42. The summed E-state index contributed by atoms with van der Waals surface area (Å²) in [5.41, 5.74) is 0.695. The van der Waals surface area contributed by atoms with Crippen LogP contribution in [0.1, 0.15) is 41.6 Å². The maximum Gasteiger partial charge on any atom is 0.251 e. The highest BCUT2D eigenvalue weighted by Gasteiger charge is 2.34. The molecule has 98 valence electrons. The second-order valence-electron chi connectivity index (χ2n) is 5.04. The lowest BCUT2D eigenvalue weighted by Gasteiger charge is -2.27. The Morgan fingerprint density at radius 2 is 2.11 bits per heavy atom. The van der Waals surface area contributed by atoms with Crippen molar-refractivity contribution in [1.82, 2.24) is 5.32 Å². The lowest BCUT2D eigenvalue weighted by molar-refractivity contribution is 0.0909. The van der Waals surface area contributed by atoms with Gasteiger partial charge < -0.3 is 5.32 Å². The van der Waals surface area contributed by atoms with Gasteiger partial charge in [-0.05, 0) is 43.5 Å². The summed E-state index contributed by atoms with van der Waals surface area (Å²) in [6.45, 7) is 1.65. The molecule has 1 fully saturated rings. The molecule has 4 heteroatoms. The molecule has 0 bridgehead atoms. The van der Waals surface area contributed by atoms with E-state index >= 15 is 0 Å². The monoisotopic (exact) mass is 269 g/mol. The smallest absolute Gasteiger partial charge is 0.251 e. The molecule has 0 aliphatic heterocycles. The molecule has 1 saturated carbocycles. The largest absolute Gasteiger partial charge is 0.345 e. The minimum Gasteiger partial charge on any atom is -0.345 e. The van der Waals surface area contributed by atoms with Crippen molar-refractivity contribution in [1.29, 1.82) is 0 Å². The van der Waals surface area contributed by atoms with Gasteiger partial charge in [0.15, 0.2) is 0 Å². The summed E-state index contributed by atoms with van der Waals surface area (Å²) >= 11 is 5.98. The number of alkyl halides is 1. The average Bonchev–Trinajstić information content (AvgIpc) is 2.82. The molecule has 0 saturated heterocycles. The van der Waals surface area contributed by atoms with Crippen molar-refractivity contribution in [3.8, 4) is 0 Å². The Labute approximate surface area is 112 Å². The minimum atomic E-state index is -0.292. The number of benzene rings is 1. The van der Waals surface area contributed by atoms with Crippen LogP contribution < -0.4 is 5.32 Å². The molecular formula is C14H17ClFNO. The van der Waals surface area contributed by atoms with Gasteiger partial charge in [0.25, 0.3) is 5.91 Å². The standard InChI is InChI=1S/C14H17ClFNO/c1-10-8-11(4-5-12(10)16)13(18)17-14(9-15)6-2-3-7-14/h4-5,8H,2-3,6-7,9H2,1H3,(H,17,18). The zero-order chi connectivity index (χ0) is 13.2. The van der Waals surface area contributed by atoms with Crippen molar-refractivity contribution in [2.24, 2.45) is 0 Å². The molecular weight excluding hydrogens is 253 g/mol. The summed E-state index contributed by atoms with van der Waals surface area (Å²) in [5, 5.41) is 3.01. The first kappa shape index (κ1) is 13.3. The number of carbonyl (C=O) groups excluding carboxylic acids is 1. The van der Waals surface area contributed by atoms with Crippen molar-refractivity contribution in [2.75, 3.05) is 5.88 Å². The third kappa shape index (κ3) is 2.66. The van der Waals surface area contributed by atoms with Crippen LogP contribution in [0.3, 0.4) is 0 Å². The summed E-state index contributed by atoms with van der Waals surface area (Å²) in [6, 6.07) is 4.41. The molecule has 0 unspecified atom stereocenters. The Morgan fingerprint density at radius 3 is 2.67 bits per heavy atom. The molecule has 0 radical (unpaired) electrons. The quantitative estimate of drug-likeness (QED) is 0.837. The van der Waals surface area contributed by atoms with Crippen molar-refractivity contribution >= 4 is 17.5 Å². The van der Waals surface area contributed by atoms with Gasteiger partial charge in [-0.15, -0.1) is 11.6 Å². The van der Waals surface area contributed by atoms with E-state index in [0.29, 0.717) is 17.0 Å². The van der Waals surface area contributed by atoms with Gasteiger partial charge in [-0.25, -0.2) is 4.39 Å². The van der Waals surface area contributed by atoms with Crippen molar-refractivity contribution in [2.45, 2.75) is 38.1 Å². The topological polar surface area (TPSA) is 29.1 Å². The molecule has 18 heavy (non-hydrogen) atoms. The van der Waals surface area contributed by atoms with Crippen LogP contribution in [0.15, 0.2) is 18.2 Å². The number of hydrogen-bond acceptors (Lipinski definition) is 1. The SMILES string of the molecule is Cc1cc(C(=O)NC2(CCl)CCCC2)ccc1F. The molecule has 0 heterocycles. The van der Waals surface area contributed by atoms with Gasteiger partial charge >= 0.3 is 0 Å². The van der Waals surface area contributed by atoms with Gasteiger partial charge in [-0.1, -0.05) is 12.8 Å². The third-order valence-electron chi connectivity index (χ3n) is 3.62. The van der Waals surface area contributed by atoms with E-state index < -0.39 is 0 Å². The fourth-order valence-electron chi connectivity index (χ4n) is 2.44. The number of hydrogen-bond donors (Lipinski definition) is 1. The summed E-state index contributed by atoms with van der Waals surface area (Å²) in [6.07, 6.45) is 4.02. The molecule has 1 aliphatic rings. The number of rotatable bonds is 3. The highest BCUT2D eigenvalue weighted by molar-refractivity contribution is 6.19. The molecule has 0 aromatic heterocycles. The van der Waals surface area contributed by atoms with Crippen LogP contribution in [-0.4, -0.2) is 17.3 Å². The predicted molar refractivity (Wildman–Crippen MR) is 70.5 cm³/mol. The van der Waals surface area contributed by atoms with E-state index in [2.05, 4.69) is 5.32 Å². The first-order valence-electron chi connectivity index (χ1n) is 6.21. The van der Waals surface area contributed by atoms with Gasteiger partial charge in [0.1, 0.15) is 5.82 Å². The van der Waals surface area contributed by atoms with Crippen LogP contribution in [0.25, 0.3) is 0 Å². The van der Waals surface area contributed by atoms with E-state index in [-0.39, 0.29) is 17.3 Å². The third-order valence-corrected chi connectivity index (χ3v) is 4.13. The molecule has 0 atom stereocenters. The van der Waals surface area contributed by atoms with Crippen LogP contribution in [0, 0.1) is 12.7 Å². The maximum atomic E-state index is 13.2. The summed E-state index contributed by atoms with van der Waals surface area (Å²) in [5.74, 6) is -0.0287. The van der Waals surface area contributed by atoms with Crippen LogP contribution in [0.4, 0.5) is 4.39 Å². The molecule has 1 aromatic rings. The van der Waals surface area contributed by atoms with E-state index in [0.717, 1.165) is 25.7 Å². The van der Waals surface area contributed by atoms with Crippen molar-refractivity contribution in [3.05, 3.63) is 35.1 Å². The summed E-state index contributed by atoms with van der Waals surface area (Å²) in [4.78, 5) is 12.1. The number of aryl methyl sites for hydroxylation is 1. The van der Waals surface area contributed by atoms with Crippen LogP contribution >= 0.6 is 11.6 Å². The van der Waals surface area contributed by atoms with Crippen LogP contribution in [0.2, 0.25) is 0 Å². The Balaban J connectivity index is 2.13. The lowest BCUT2D eigenvalue weighted by atomic mass is 9.99. The van der Waals surface area contributed by atoms with E-state index in [9.17, 15) is 9.18 Å². The number of amides is 1. The molecule has 2 nitrogen and oxygen atoms in total. The van der Waals surface area contributed by atoms with Crippen molar-refractivity contribution < 1.29 is 9.18 Å². The Bertz CT molecular complexity index is 455. The molecule has 1 amide bonds. The second kappa shape index (κ2) is 5.27. The number of carbonyl (C=O) groups is 1. The van der Waals surface area contributed by atoms with E-state index in [1.165, 1.54) is 12.1 Å². The summed E-state index contributed by atoms with van der Waals surface area (Å²) in [7, 11) is 0. The molecule has 1 aromatic carbocycles. The van der Waals surface area contributed by atoms with E-state index in [4.69, 9.17) is 11.6 Å². The fraction of sp³-hybridized carbons (Fsp3) is 0.500. The zero-order valence-electron chi connectivity index (χ0n) is 10.4. The maximum absolute atomic E-state index is 13.2. The zero-order valence-corrected chi connectivity index (χ0v) is 11.2. The Morgan fingerprint density at radius 1 is 1.44 bits per heavy atom. The first-order valence-corrected chi connectivity index (χ1v) is 6.74. The number of nitrogens with one attached hydrogen (secondary N) is 1. The normalized spacial score (nSPS) is 17.7. The van der Waals surface area contributed by atoms with Crippen molar-refractivity contribution in [3.63, 3.8) is 0 Å². The number of halogens is 2. The highest BCUT2D eigenvalue weighted by atomic mass is 35.5. The summed E-state index contributed by atoms with van der Waals surface area (Å²) < 4.78 is 13.2. The molecule has 2 rings (SSSR count). The average molecular weight is 270 g/mol. The first-order chi connectivity index (χ1) is 8.56. The van der Waals surface area contributed by atoms with Crippen LogP contribution in [-0.2, 0) is 0 Å². The van der Waals surface area contributed by atoms with Gasteiger partial charge in [0, 0.05) is 11.4 Å². The van der Waals surface area contributed by atoms with Gasteiger partial charge in [-0.2, -0.15) is 0 Å². The second-order valence-corrected chi connectivity index (χ2v) is 5.31. The minimum absolute atomic E-state index is 0.166.